The fourth-order valence-corrected chi connectivity index (χ4v) is 4.73. The Kier molecular flexibility index (Phi) is 5.59. The third kappa shape index (κ3) is 4.35. The Morgan fingerprint density at radius 2 is 1.81 bits per heavy atom. The summed E-state index contributed by atoms with van der Waals surface area (Å²) in [5, 5.41) is 11.7. The summed E-state index contributed by atoms with van der Waals surface area (Å²) >= 11 is 0. The number of anilines is 1. The van der Waals surface area contributed by atoms with Gasteiger partial charge < -0.3 is 5.32 Å². The average Bonchev–Trinajstić information content (AvgIpc) is 2.68. The van der Waals surface area contributed by atoms with Crippen molar-refractivity contribution in [2.75, 3.05) is 18.4 Å². The summed E-state index contributed by atoms with van der Waals surface area (Å²) in [4.78, 5) is 12.7. The number of amides is 1. The first-order valence-electron chi connectivity index (χ1n) is 8.78. The molecule has 27 heavy (non-hydrogen) atoms. The smallest absolute Gasteiger partial charge is 0.243 e. The Morgan fingerprint density at radius 3 is 2.41 bits per heavy atom. The zero-order valence-corrected chi connectivity index (χ0v) is 15.9. The Labute approximate surface area is 159 Å². The lowest BCUT2D eigenvalue weighted by Crippen LogP contribution is -2.41. The minimum Gasteiger partial charge on any atom is -0.326 e. The van der Waals surface area contributed by atoms with Gasteiger partial charge >= 0.3 is 0 Å². The first kappa shape index (κ1) is 19.1. The van der Waals surface area contributed by atoms with Crippen molar-refractivity contribution in [3.8, 4) is 6.07 Å². The molecular weight excluding hydrogens is 362 g/mol. The number of benzene rings is 2. The summed E-state index contributed by atoms with van der Waals surface area (Å²) in [5.74, 6) is -0.350. The van der Waals surface area contributed by atoms with Crippen LogP contribution in [-0.4, -0.2) is 31.7 Å². The number of nitriles is 1. The van der Waals surface area contributed by atoms with E-state index in [0.29, 0.717) is 42.1 Å². The van der Waals surface area contributed by atoms with Crippen LogP contribution < -0.4 is 5.32 Å². The third-order valence-electron chi connectivity index (χ3n) is 4.73. The number of nitrogens with one attached hydrogen (secondary N) is 1. The van der Waals surface area contributed by atoms with E-state index in [1.807, 2.05) is 19.1 Å². The molecule has 1 fully saturated rings. The lowest BCUT2D eigenvalue weighted by molar-refractivity contribution is -0.120. The van der Waals surface area contributed by atoms with Crippen LogP contribution in [0.3, 0.4) is 0 Å². The van der Waals surface area contributed by atoms with Gasteiger partial charge in [-0.15, -0.1) is 0 Å². The molecule has 0 aliphatic carbocycles. The standard InChI is InChI=1S/C20H21N3O3S/c1-15-3-2-4-19(13-15)27(25,26)23-11-9-17(10-12-23)20(24)22-18-7-5-16(14-21)6-8-18/h2-8,13,17H,9-12H2,1H3,(H,22,24). The number of hydrogen-bond donors (Lipinski definition) is 1. The van der Waals surface area contributed by atoms with Gasteiger partial charge in [0.05, 0.1) is 16.5 Å². The maximum atomic E-state index is 12.8. The van der Waals surface area contributed by atoms with Gasteiger partial charge in [-0.1, -0.05) is 12.1 Å². The maximum Gasteiger partial charge on any atom is 0.243 e. The molecule has 0 radical (unpaired) electrons. The molecule has 0 bridgehead atoms. The first-order valence-corrected chi connectivity index (χ1v) is 10.2. The Balaban J connectivity index is 1.61. The van der Waals surface area contributed by atoms with Crippen molar-refractivity contribution in [2.24, 2.45) is 5.92 Å². The Bertz CT molecular complexity index is 970. The second-order valence-electron chi connectivity index (χ2n) is 6.67. The minimum atomic E-state index is -3.53. The highest BCUT2D eigenvalue weighted by Crippen LogP contribution is 2.25. The molecule has 3 rings (SSSR count). The van der Waals surface area contributed by atoms with Gasteiger partial charge in [0.2, 0.25) is 15.9 Å². The molecule has 1 heterocycles. The van der Waals surface area contributed by atoms with Crippen LogP contribution in [0.1, 0.15) is 24.0 Å². The minimum absolute atomic E-state index is 0.118. The summed E-state index contributed by atoms with van der Waals surface area (Å²) in [5.41, 5.74) is 2.06. The molecule has 1 aliphatic rings. The number of carbonyl (C=O) groups excluding carboxylic acids is 1. The average molecular weight is 383 g/mol. The summed E-state index contributed by atoms with van der Waals surface area (Å²) in [6.45, 7) is 2.50. The molecular formula is C20H21N3O3S. The fourth-order valence-electron chi connectivity index (χ4n) is 3.16. The molecule has 0 atom stereocenters. The molecule has 140 valence electrons. The number of carbonyl (C=O) groups is 1. The molecule has 2 aromatic rings. The quantitative estimate of drug-likeness (QED) is 0.879. The highest BCUT2D eigenvalue weighted by atomic mass is 32.2. The van der Waals surface area contributed by atoms with Crippen LogP contribution >= 0.6 is 0 Å². The zero-order valence-electron chi connectivity index (χ0n) is 15.1. The highest BCUT2D eigenvalue weighted by molar-refractivity contribution is 7.89. The molecule has 1 aliphatic heterocycles. The van der Waals surface area contributed by atoms with E-state index in [0.717, 1.165) is 5.56 Å². The van der Waals surface area contributed by atoms with Gasteiger partial charge in [0.1, 0.15) is 0 Å². The normalized spacial score (nSPS) is 15.9. The Morgan fingerprint density at radius 1 is 1.15 bits per heavy atom. The van der Waals surface area contributed by atoms with Crippen molar-refractivity contribution in [3.05, 3.63) is 59.7 Å². The van der Waals surface area contributed by atoms with Gasteiger partial charge in [-0.2, -0.15) is 9.57 Å². The zero-order chi connectivity index (χ0) is 19.4. The molecule has 0 spiro atoms. The molecule has 1 saturated heterocycles. The van der Waals surface area contributed by atoms with Gasteiger partial charge in [-0.25, -0.2) is 8.42 Å². The number of piperidine rings is 1. The van der Waals surface area contributed by atoms with Crippen LogP contribution in [0.2, 0.25) is 0 Å². The van der Waals surface area contributed by atoms with E-state index in [1.54, 1.807) is 42.5 Å². The predicted molar refractivity (Wildman–Crippen MR) is 102 cm³/mol. The molecule has 7 heteroatoms. The van der Waals surface area contributed by atoms with Gasteiger partial charge in [0, 0.05) is 24.7 Å². The van der Waals surface area contributed by atoms with Crippen LogP contribution in [0.25, 0.3) is 0 Å². The molecule has 1 N–H and O–H groups in total. The molecule has 6 nitrogen and oxygen atoms in total. The molecule has 1 amide bonds. The maximum absolute atomic E-state index is 12.8. The van der Waals surface area contributed by atoms with Gasteiger partial charge in [0.25, 0.3) is 0 Å². The van der Waals surface area contributed by atoms with Crippen molar-refractivity contribution in [1.82, 2.24) is 4.31 Å². The SMILES string of the molecule is Cc1cccc(S(=O)(=O)N2CCC(C(=O)Nc3ccc(C#N)cc3)CC2)c1. The molecule has 0 aromatic heterocycles. The topological polar surface area (TPSA) is 90.3 Å². The van der Waals surface area contributed by atoms with E-state index in [-0.39, 0.29) is 11.8 Å². The van der Waals surface area contributed by atoms with Crippen molar-refractivity contribution in [2.45, 2.75) is 24.7 Å². The van der Waals surface area contributed by atoms with Crippen molar-refractivity contribution >= 4 is 21.6 Å². The second kappa shape index (κ2) is 7.91. The largest absolute Gasteiger partial charge is 0.326 e. The van der Waals surface area contributed by atoms with Crippen LogP contribution in [0.5, 0.6) is 0 Å². The summed E-state index contributed by atoms with van der Waals surface area (Å²) in [7, 11) is -3.53. The first-order chi connectivity index (χ1) is 12.9. The lowest BCUT2D eigenvalue weighted by Gasteiger charge is -2.30. The van der Waals surface area contributed by atoms with Crippen molar-refractivity contribution < 1.29 is 13.2 Å². The van der Waals surface area contributed by atoms with Gasteiger partial charge in [0.15, 0.2) is 0 Å². The van der Waals surface area contributed by atoms with Gasteiger partial charge in [-0.3, -0.25) is 4.79 Å². The van der Waals surface area contributed by atoms with Crippen LogP contribution in [0, 0.1) is 24.2 Å². The summed E-state index contributed by atoms with van der Waals surface area (Å²) < 4.78 is 27.0. The number of rotatable bonds is 4. The molecule has 0 saturated carbocycles. The summed E-state index contributed by atoms with van der Waals surface area (Å²) in [6.07, 6.45) is 0.959. The van der Waals surface area contributed by atoms with Crippen molar-refractivity contribution in [1.29, 1.82) is 5.26 Å². The fraction of sp³-hybridized carbons (Fsp3) is 0.300. The van der Waals surface area contributed by atoms with Crippen LogP contribution in [-0.2, 0) is 14.8 Å². The predicted octanol–water partition coefficient (Wildman–Crippen LogP) is 2.91. The van der Waals surface area contributed by atoms with E-state index in [2.05, 4.69) is 5.32 Å². The number of aryl methyl sites for hydroxylation is 1. The lowest BCUT2D eigenvalue weighted by atomic mass is 9.97. The van der Waals surface area contributed by atoms with E-state index in [4.69, 9.17) is 5.26 Å². The van der Waals surface area contributed by atoms with Crippen LogP contribution in [0.15, 0.2) is 53.4 Å². The monoisotopic (exact) mass is 383 g/mol. The highest BCUT2D eigenvalue weighted by Gasteiger charge is 2.32. The van der Waals surface area contributed by atoms with E-state index in [9.17, 15) is 13.2 Å². The number of hydrogen-bond acceptors (Lipinski definition) is 4. The second-order valence-corrected chi connectivity index (χ2v) is 8.61. The van der Waals surface area contributed by atoms with Crippen LogP contribution in [0.4, 0.5) is 5.69 Å². The number of sulfonamides is 1. The van der Waals surface area contributed by atoms with Gasteiger partial charge in [-0.05, 0) is 61.7 Å². The third-order valence-corrected chi connectivity index (χ3v) is 6.63. The van der Waals surface area contributed by atoms with Crippen molar-refractivity contribution in [3.63, 3.8) is 0 Å². The van der Waals surface area contributed by atoms with E-state index >= 15 is 0 Å². The van der Waals surface area contributed by atoms with E-state index < -0.39 is 10.0 Å². The number of nitrogens with zero attached hydrogens (tertiary/aromatic N) is 2. The molecule has 0 unspecified atom stereocenters. The Hall–Kier alpha value is -2.69. The van der Waals surface area contributed by atoms with E-state index in [1.165, 1.54) is 4.31 Å². The summed E-state index contributed by atoms with van der Waals surface area (Å²) in [6, 6.07) is 15.6. The molecule has 2 aromatic carbocycles.